The molecule has 0 atom stereocenters. The second-order valence-corrected chi connectivity index (χ2v) is 3.75. The van der Waals surface area contributed by atoms with Gasteiger partial charge in [-0.05, 0) is 5.56 Å². The standard InChI is InChI=1S/C16H13NO/c1-18-16(14-10-6-3-7-11-14)15(12-17)13-8-4-2-5-9-13/h2-11H,1H3/b16-15+. The summed E-state index contributed by atoms with van der Waals surface area (Å²) in [5, 5.41) is 9.35. The van der Waals surface area contributed by atoms with Gasteiger partial charge in [-0.1, -0.05) is 60.7 Å². The zero-order valence-electron chi connectivity index (χ0n) is 10.1. The number of nitrogens with zero attached hydrogens (tertiary/aromatic N) is 1. The van der Waals surface area contributed by atoms with E-state index in [1.54, 1.807) is 7.11 Å². The third-order valence-corrected chi connectivity index (χ3v) is 2.64. The quantitative estimate of drug-likeness (QED) is 0.461. The molecule has 0 radical (unpaired) electrons. The van der Waals surface area contributed by atoms with Crippen LogP contribution in [0.2, 0.25) is 0 Å². The average Bonchev–Trinajstić information content (AvgIpc) is 2.46. The van der Waals surface area contributed by atoms with Gasteiger partial charge in [-0.2, -0.15) is 5.26 Å². The van der Waals surface area contributed by atoms with Crippen LogP contribution >= 0.6 is 0 Å². The van der Waals surface area contributed by atoms with Crippen LogP contribution in [0.3, 0.4) is 0 Å². The maximum atomic E-state index is 9.35. The third-order valence-electron chi connectivity index (χ3n) is 2.64. The highest BCUT2D eigenvalue weighted by Gasteiger charge is 2.11. The predicted octanol–water partition coefficient (Wildman–Crippen LogP) is 3.72. The summed E-state index contributed by atoms with van der Waals surface area (Å²) in [6.07, 6.45) is 0. The first-order valence-corrected chi connectivity index (χ1v) is 5.66. The lowest BCUT2D eigenvalue weighted by atomic mass is 10.0. The molecule has 0 spiro atoms. The summed E-state index contributed by atoms with van der Waals surface area (Å²) in [6.45, 7) is 0. The second kappa shape index (κ2) is 5.70. The zero-order valence-corrected chi connectivity index (χ0v) is 10.1. The van der Waals surface area contributed by atoms with Crippen molar-refractivity contribution in [2.24, 2.45) is 0 Å². The van der Waals surface area contributed by atoms with Gasteiger partial charge in [-0.15, -0.1) is 0 Å². The van der Waals surface area contributed by atoms with E-state index in [-0.39, 0.29) is 0 Å². The number of methoxy groups -OCH3 is 1. The van der Waals surface area contributed by atoms with Gasteiger partial charge in [-0.3, -0.25) is 0 Å². The summed E-state index contributed by atoms with van der Waals surface area (Å²) in [5.41, 5.74) is 2.31. The highest BCUT2D eigenvalue weighted by Crippen LogP contribution is 2.26. The summed E-state index contributed by atoms with van der Waals surface area (Å²) < 4.78 is 5.40. The van der Waals surface area contributed by atoms with Crippen molar-refractivity contribution in [3.63, 3.8) is 0 Å². The van der Waals surface area contributed by atoms with Crippen LogP contribution in [-0.2, 0) is 4.74 Å². The van der Waals surface area contributed by atoms with Crippen LogP contribution in [0.25, 0.3) is 11.3 Å². The molecule has 0 aliphatic heterocycles. The summed E-state index contributed by atoms with van der Waals surface area (Å²) >= 11 is 0. The Kier molecular flexibility index (Phi) is 3.78. The number of nitriles is 1. The molecule has 0 bridgehead atoms. The largest absolute Gasteiger partial charge is 0.495 e. The van der Waals surface area contributed by atoms with Crippen LogP contribution < -0.4 is 0 Å². The molecule has 2 aromatic carbocycles. The zero-order chi connectivity index (χ0) is 12.8. The van der Waals surface area contributed by atoms with E-state index in [0.717, 1.165) is 11.1 Å². The van der Waals surface area contributed by atoms with E-state index in [4.69, 9.17) is 4.74 Å². The first-order chi connectivity index (χ1) is 8.86. The molecule has 2 nitrogen and oxygen atoms in total. The van der Waals surface area contributed by atoms with Crippen molar-refractivity contribution in [2.75, 3.05) is 7.11 Å². The van der Waals surface area contributed by atoms with E-state index < -0.39 is 0 Å². The molecule has 2 heteroatoms. The lowest BCUT2D eigenvalue weighted by molar-refractivity contribution is 0.372. The first kappa shape index (κ1) is 11.9. The van der Waals surface area contributed by atoms with E-state index >= 15 is 0 Å². The Morgan fingerprint density at radius 2 is 1.39 bits per heavy atom. The Morgan fingerprint density at radius 3 is 1.83 bits per heavy atom. The topological polar surface area (TPSA) is 33.0 Å². The average molecular weight is 235 g/mol. The highest BCUT2D eigenvalue weighted by atomic mass is 16.5. The molecule has 2 rings (SSSR count). The van der Waals surface area contributed by atoms with Crippen molar-refractivity contribution in [3.8, 4) is 6.07 Å². The molecule has 0 aromatic heterocycles. The van der Waals surface area contributed by atoms with Crippen LogP contribution in [0.5, 0.6) is 0 Å². The fraction of sp³-hybridized carbons (Fsp3) is 0.0625. The molecule has 0 saturated heterocycles. The molecule has 88 valence electrons. The van der Waals surface area contributed by atoms with Gasteiger partial charge in [0.25, 0.3) is 0 Å². The maximum absolute atomic E-state index is 9.35. The molecule has 2 aromatic rings. The van der Waals surface area contributed by atoms with Gasteiger partial charge in [0, 0.05) is 5.56 Å². The molecule has 0 heterocycles. The Morgan fingerprint density at radius 1 is 0.889 bits per heavy atom. The van der Waals surface area contributed by atoms with Gasteiger partial charge in [-0.25, -0.2) is 0 Å². The monoisotopic (exact) mass is 235 g/mol. The van der Waals surface area contributed by atoms with Gasteiger partial charge >= 0.3 is 0 Å². The van der Waals surface area contributed by atoms with Gasteiger partial charge in [0.1, 0.15) is 17.4 Å². The fourth-order valence-corrected chi connectivity index (χ4v) is 1.81. The Bertz CT molecular complexity index is 579. The number of rotatable bonds is 3. The number of benzene rings is 2. The summed E-state index contributed by atoms with van der Waals surface area (Å²) in [4.78, 5) is 0. The van der Waals surface area contributed by atoms with E-state index in [1.807, 2.05) is 60.7 Å². The fourth-order valence-electron chi connectivity index (χ4n) is 1.81. The molecule has 0 N–H and O–H groups in total. The van der Waals surface area contributed by atoms with Gasteiger partial charge in [0.05, 0.1) is 7.11 Å². The van der Waals surface area contributed by atoms with Crippen molar-refractivity contribution in [1.82, 2.24) is 0 Å². The van der Waals surface area contributed by atoms with E-state index in [0.29, 0.717) is 11.3 Å². The van der Waals surface area contributed by atoms with E-state index in [1.165, 1.54) is 0 Å². The lowest BCUT2D eigenvalue weighted by Crippen LogP contribution is -1.93. The van der Waals surface area contributed by atoms with Crippen LogP contribution in [0.15, 0.2) is 60.7 Å². The minimum Gasteiger partial charge on any atom is -0.495 e. The molecule has 0 fully saturated rings. The number of hydrogen-bond donors (Lipinski definition) is 0. The highest BCUT2D eigenvalue weighted by molar-refractivity contribution is 5.94. The van der Waals surface area contributed by atoms with Crippen molar-refractivity contribution in [2.45, 2.75) is 0 Å². The minimum absolute atomic E-state index is 0.546. The predicted molar refractivity (Wildman–Crippen MR) is 72.3 cm³/mol. The van der Waals surface area contributed by atoms with Crippen molar-refractivity contribution >= 4 is 11.3 Å². The van der Waals surface area contributed by atoms with Gasteiger partial charge in [0.15, 0.2) is 0 Å². The maximum Gasteiger partial charge on any atom is 0.144 e. The Labute approximate surface area is 107 Å². The van der Waals surface area contributed by atoms with Crippen molar-refractivity contribution in [1.29, 1.82) is 5.26 Å². The SMILES string of the molecule is CO/C(=C(\C#N)c1ccccc1)c1ccccc1. The number of hydrogen-bond acceptors (Lipinski definition) is 2. The normalized spacial score (nSPS) is 11.3. The minimum atomic E-state index is 0.546. The smallest absolute Gasteiger partial charge is 0.144 e. The summed E-state index contributed by atoms with van der Waals surface area (Å²) in [7, 11) is 1.59. The van der Waals surface area contributed by atoms with Crippen LogP contribution in [0, 0.1) is 11.3 Å². The van der Waals surface area contributed by atoms with Crippen LogP contribution in [-0.4, -0.2) is 7.11 Å². The number of ether oxygens (including phenoxy) is 1. The molecule has 0 unspecified atom stereocenters. The molecular weight excluding hydrogens is 222 g/mol. The number of allylic oxidation sites excluding steroid dienone is 1. The van der Waals surface area contributed by atoms with Crippen molar-refractivity contribution in [3.05, 3.63) is 71.8 Å². The van der Waals surface area contributed by atoms with Gasteiger partial charge in [0.2, 0.25) is 0 Å². The molecule has 0 aliphatic rings. The third kappa shape index (κ3) is 2.41. The lowest BCUT2D eigenvalue weighted by Gasteiger charge is -2.09. The molecule has 0 amide bonds. The molecule has 0 saturated carbocycles. The van der Waals surface area contributed by atoms with E-state index in [9.17, 15) is 5.26 Å². The molecule has 18 heavy (non-hydrogen) atoms. The second-order valence-electron chi connectivity index (χ2n) is 3.75. The summed E-state index contributed by atoms with van der Waals surface area (Å²) in [5.74, 6) is 0.601. The van der Waals surface area contributed by atoms with E-state index in [2.05, 4.69) is 6.07 Å². The van der Waals surface area contributed by atoms with Gasteiger partial charge < -0.3 is 4.74 Å². The van der Waals surface area contributed by atoms with Crippen molar-refractivity contribution < 1.29 is 4.74 Å². The van der Waals surface area contributed by atoms with Crippen LogP contribution in [0.4, 0.5) is 0 Å². The first-order valence-electron chi connectivity index (χ1n) is 5.66. The molecular formula is C16H13NO. The Hall–Kier alpha value is -2.53. The Balaban J connectivity index is 2.58. The summed E-state index contributed by atoms with van der Waals surface area (Å²) in [6, 6.07) is 21.4. The van der Waals surface area contributed by atoms with Crippen LogP contribution in [0.1, 0.15) is 11.1 Å². The molecule has 0 aliphatic carbocycles.